The summed E-state index contributed by atoms with van der Waals surface area (Å²) in [4.78, 5) is 35.6. The third-order valence-corrected chi connectivity index (χ3v) is 4.87. The van der Waals surface area contributed by atoms with Crippen molar-refractivity contribution in [3.8, 4) is 0 Å². The number of hydrogen-bond donors (Lipinski definition) is 2. The third-order valence-electron chi connectivity index (χ3n) is 4.04. The van der Waals surface area contributed by atoms with E-state index >= 15 is 0 Å². The van der Waals surface area contributed by atoms with Crippen LogP contribution in [0, 0.1) is 0 Å². The van der Waals surface area contributed by atoms with E-state index in [0.717, 1.165) is 24.8 Å². The molecule has 0 saturated carbocycles. The summed E-state index contributed by atoms with van der Waals surface area (Å²) in [5.74, 6) is -1.62. The molecule has 1 atom stereocenters. The van der Waals surface area contributed by atoms with Crippen molar-refractivity contribution in [3.05, 3.63) is 52.4 Å². The van der Waals surface area contributed by atoms with Gasteiger partial charge in [0.2, 0.25) is 0 Å². The number of ether oxygens (including phenoxy) is 1. The number of amides is 2. The molecule has 0 fully saturated rings. The number of unbranched alkanes of at least 4 members (excludes halogenated alkanes) is 1. The van der Waals surface area contributed by atoms with Crippen molar-refractivity contribution in [1.29, 1.82) is 0 Å². The zero-order chi connectivity index (χ0) is 19.8. The zero-order valence-electron chi connectivity index (χ0n) is 15.5. The van der Waals surface area contributed by atoms with Gasteiger partial charge in [-0.1, -0.05) is 37.6 Å². The van der Waals surface area contributed by atoms with Crippen LogP contribution in [0.5, 0.6) is 0 Å². The number of anilines is 1. The molecular formula is C20H24N2O4S. The summed E-state index contributed by atoms with van der Waals surface area (Å²) in [5.41, 5.74) is 7.55. The SMILES string of the molecule is CCCCc1ccc(CC(=O)O[C@@H](C)C(=O)Nc2sccc2C(N)=O)cc1. The highest BCUT2D eigenvalue weighted by atomic mass is 32.1. The molecule has 0 bridgehead atoms. The Morgan fingerprint density at radius 1 is 1.15 bits per heavy atom. The largest absolute Gasteiger partial charge is 0.452 e. The molecule has 6 nitrogen and oxygen atoms in total. The number of carbonyl (C=O) groups excluding carboxylic acids is 3. The maximum Gasteiger partial charge on any atom is 0.311 e. The number of primary amides is 1. The molecule has 27 heavy (non-hydrogen) atoms. The van der Waals surface area contributed by atoms with Crippen molar-refractivity contribution < 1.29 is 19.1 Å². The van der Waals surface area contributed by atoms with Gasteiger partial charge in [-0.3, -0.25) is 14.4 Å². The summed E-state index contributed by atoms with van der Waals surface area (Å²) in [6, 6.07) is 9.36. The molecule has 0 radical (unpaired) electrons. The molecule has 1 heterocycles. The predicted molar refractivity (Wildman–Crippen MR) is 106 cm³/mol. The Kier molecular flexibility index (Phi) is 7.55. The summed E-state index contributed by atoms with van der Waals surface area (Å²) in [6.45, 7) is 3.63. The number of benzene rings is 1. The van der Waals surface area contributed by atoms with E-state index in [1.54, 1.807) is 5.38 Å². The zero-order valence-corrected chi connectivity index (χ0v) is 16.3. The molecule has 1 aromatic carbocycles. The van der Waals surface area contributed by atoms with Crippen LogP contribution in [0.2, 0.25) is 0 Å². The van der Waals surface area contributed by atoms with Gasteiger partial charge in [0.25, 0.3) is 11.8 Å². The maximum atomic E-state index is 12.2. The summed E-state index contributed by atoms with van der Waals surface area (Å²) in [6.07, 6.45) is 2.41. The summed E-state index contributed by atoms with van der Waals surface area (Å²) in [7, 11) is 0. The van der Waals surface area contributed by atoms with E-state index in [9.17, 15) is 14.4 Å². The molecule has 144 valence electrons. The molecule has 3 N–H and O–H groups in total. The molecule has 0 aliphatic rings. The topological polar surface area (TPSA) is 98.5 Å². The Morgan fingerprint density at radius 2 is 1.81 bits per heavy atom. The smallest absolute Gasteiger partial charge is 0.311 e. The molecule has 0 aliphatic carbocycles. The van der Waals surface area contributed by atoms with Crippen LogP contribution in [0.15, 0.2) is 35.7 Å². The second-order valence-electron chi connectivity index (χ2n) is 6.25. The average Bonchev–Trinajstić information content (AvgIpc) is 3.09. The van der Waals surface area contributed by atoms with Gasteiger partial charge < -0.3 is 15.8 Å². The Bertz CT molecular complexity index is 799. The highest BCUT2D eigenvalue weighted by Crippen LogP contribution is 2.23. The standard InChI is InChI=1S/C20H24N2O4S/c1-3-4-5-14-6-8-15(9-7-14)12-17(23)26-13(2)19(25)22-20-16(18(21)24)10-11-27-20/h6-11,13H,3-5,12H2,1-2H3,(H2,21,24)(H,22,25)/t13-/m0/s1. The lowest BCUT2D eigenvalue weighted by molar-refractivity contribution is -0.152. The lowest BCUT2D eigenvalue weighted by Gasteiger charge is -2.13. The number of rotatable bonds is 9. The first-order valence-electron chi connectivity index (χ1n) is 8.86. The molecule has 0 unspecified atom stereocenters. The minimum absolute atomic E-state index is 0.0945. The number of nitrogens with one attached hydrogen (secondary N) is 1. The molecule has 1 aromatic heterocycles. The predicted octanol–water partition coefficient (Wildman–Crippen LogP) is 3.30. The van der Waals surface area contributed by atoms with Crippen molar-refractivity contribution in [3.63, 3.8) is 0 Å². The number of esters is 1. The van der Waals surface area contributed by atoms with Crippen LogP contribution < -0.4 is 11.1 Å². The van der Waals surface area contributed by atoms with Crippen LogP contribution in [-0.4, -0.2) is 23.9 Å². The van der Waals surface area contributed by atoms with E-state index in [-0.39, 0.29) is 12.0 Å². The van der Waals surface area contributed by atoms with Crippen LogP contribution in [-0.2, 0) is 27.2 Å². The van der Waals surface area contributed by atoms with Gasteiger partial charge >= 0.3 is 5.97 Å². The van der Waals surface area contributed by atoms with E-state index in [1.807, 2.05) is 24.3 Å². The average molecular weight is 388 g/mol. The lowest BCUT2D eigenvalue weighted by atomic mass is 10.1. The first kappa shape index (κ1) is 20.6. The molecule has 2 aromatic rings. The summed E-state index contributed by atoms with van der Waals surface area (Å²) in [5, 5.41) is 4.56. The fourth-order valence-electron chi connectivity index (χ4n) is 2.48. The van der Waals surface area contributed by atoms with Crippen molar-refractivity contribution in [2.75, 3.05) is 5.32 Å². The van der Waals surface area contributed by atoms with E-state index in [0.29, 0.717) is 5.00 Å². The van der Waals surface area contributed by atoms with E-state index < -0.39 is 23.9 Å². The summed E-state index contributed by atoms with van der Waals surface area (Å²) >= 11 is 1.18. The van der Waals surface area contributed by atoms with Gasteiger partial charge in [0, 0.05) is 0 Å². The van der Waals surface area contributed by atoms with Gasteiger partial charge in [-0.05, 0) is 42.3 Å². The first-order valence-corrected chi connectivity index (χ1v) is 9.74. The van der Waals surface area contributed by atoms with Crippen LogP contribution in [0.25, 0.3) is 0 Å². The van der Waals surface area contributed by atoms with Gasteiger partial charge in [0.15, 0.2) is 6.10 Å². The molecular weight excluding hydrogens is 364 g/mol. The molecule has 0 aliphatic heterocycles. The fraction of sp³-hybridized carbons (Fsp3) is 0.350. The molecule has 2 rings (SSSR count). The van der Waals surface area contributed by atoms with E-state index in [1.165, 1.54) is 29.9 Å². The minimum Gasteiger partial charge on any atom is -0.452 e. The highest BCUT2D eigenvalue weighted by molar-refractivity contribution is 7.14. The van der Waals surface area contributed by atoms with Gasteiger partial charge in [-0.25, -0.2) is 0 Å². The molecule has 0 saturated heterocycles. The Morgan fingerprint density at radius 3 is 2.44 bits per heavy atom. The van der Waals surface area contributed by atoms with Gasteiger partial charge in [0.1, 0.15) is 5.00 Å². The molecule has 2 amide bonds. The van der Waals surface area contributed by atoms with Gasteiger partial charge in [0.05, 0.1) is 12.0 Å². The number of nitrogens with two attached hydrogens (primary N) is 1. The number of aryl methyl sites for hydroxylation is 1. The van der Waals surface area contributed by atoms with Crippen LogP contribution in [0.1, 0.15) is 48.2 Å². The van der Waals surface area contributed by atoms with Crippen molar-refractivity contribution >= 4 is 34.1 Å². The van der Waals surface area contributed by atoms with Crippen molar-refractivity contribution in [2.24, 2.45) is 5.73 Å². The fourth-order valence-corrected chi connectivity index (χ4v) is 3.27. The van der Waals surface area contributed by atoms with Crippen molar-refractivity contribution in [2.45, 2.75) is 45.6 Å². The molecule has 0 spiro atoms. The monoisotopic (exact) mass is 388 g/mol. The number of carbonyl (C=O) groups is 3. The quantitative estimate of drug-likeness (QED) is 0.644. The molecule has 7 heteroatoms. The van der Waals surface area contributed by atoms with E-state index in [4.69, 9.17) is 10.5 Å². The number of hydrogen-bond acceptors (Lipinski definition) is 5. The van der Waals surface area contributed by atoms with Crippen molar-refractivity contribution in [1.82, 2.24) is 0 Å². The van der Waals surface area contributed by atoms with Crippen LogP contribution >= 0.6 is 11.3 Å². The lowest BCUT2D eigenvalue weighted by Crippen LogP contribution is -2.30. The minimum atomic E-state index is -0.982. The normalized spacial score (nSPS) is 11.6. The van der Waals surface area contributed by atoms with Gasteiger partial charge in [-0.15, -0.1) is 11.3 Å². The van der Waals surface area contributed by atoms with Crippen LogP contribution in [0.4, 0.5) is 5.00 Å². The Balaban J connectivity index is 1.86. The van der Waals surface area contributed by atoms with E-state index in [2.05, 4.69) is 12.2 Å². The maximum absolute atomic E-state index is 12.2. The number of thiophene rings is 1. The summed E-state index contributed by atoms with van der Waals surface area (Å²) < 4.78 is 5.20. The first-order chi connectivity index (χ1) is 12.9. The second kappa shape index (κ2) is 9.87. The Hall–Kier alpha value is -2.67. The van der Waals surface area contributed by atoms with Crippen LogP contribution in [0.3, 0.4) is 0 Å². The third kappa shape index (κ3) is 6.21. The Labute approximate surface area is 162 Å². The van der Waals surface area contributed by atoms with Gasteiger partial charge in [-0.2, -0.15) is 0 Å². The second-order valence-corrected chi connectivity index (χ2v) is 7.16. The highest BCUT2D eigenvalue weighted by Gasteiger charge is 2.20.